The molecule has 0 radical (unpaired) electrons. The highest BCUT2D eigenvalue weighted by atomic mass is 19.3. The maximum atomic E-state index is 13.2. The Morgan fingerprint density at radius 3 is 1.38 bits per heavy atom. The van der Waals surface area contributed by atoms with Crippen molar-refractivity contribution in [2.75, 3.05) is 13.1 Å². The number of rotatable bonds is 7. The Morgan fingerprint density at radius 2 is 1.19 bits per heavy atom. The van der Waals surface area contributed by atoms with Crippen LogP contribution in [0.3, 0.4) is 0 Å². The van der Waals surface area contributed by atoms with Crippen molar-refractivity contribution in [3.05, 3.63) is 0 Å². The highest BCUT2D eigenvalue weighted by Crippen LogP contribution is 2.25. The van der Waals surface area contributed by atoms with Gasteiger partial charge in [0.25, 0.3) is 11.8 Å². The summed E-state index contributed by atoms with van der Waals surface area (Å²) in [6, 6.07) is -0.310. The maximum absolute atomic E-state index is 13.2. The molecule has 98 valence electrons. The molecule has 0 aromatic heterocycles. The quantitative estimate of drug-likeness (QED) is 0.615. The minimum atomic E-state index is -2.89. The van der Waals surface area contributed by atoms with E-state index in [0.717, 1.165) is 4.90 Å². The van der Waals surface area contributed by atoms with E-state index >= 15 is 0 Å². The Bertz CT molecular complexity index is 186. The lowest BCUT2D eigenvalue weighted by molar-refractivity contribution is -0.0851. The number of hydrogen-bond donors (Lipinski definition) is 0. The smallest absolute Gasteiger partial charge is 0.260 e. The zero-order valence-corrected chi connectivity index (χ0v) is 10.4. The van der Waals surface area contributed by atoms with Gasteiger partial charge in [0.05, 0.1) is 13.1 Å². The SMILES string of the molecule is CCC(F)(F)CN(CC(F)(F)CC)C(C)C. The summed E-state index contributed by atoms with van der Waals surface area (Å²) < 4.78 is 52.6. The Hall–Kier alpha value is -0.320. The molecule has 0 fully saturated rings. The lowest BCUT2D eigenvalue weighted by atomic mass is 10.1. The Kier molecular flexibility index (Phi) is 5.73. The van der Waals surface area contributed by atoms with E-state index in [1.807, 2.05) is 0 Å². The van der Waals surface area contributed by atoms with E-state index in [-0.39, 0.29) is 18.9 Å². The van der Waals surface area contributed by atoms with Crippen molar-refractivity contribution in [3.8, 4) is 0 Å². The largest absolute Gasteiger partial charge is 0.289 e. The van der Waals surface area contributed by atoms with Crippen LogP contribution in [-0.4, -0.2) is 35.9 Å². The lowest BCUT2D eigenvalue weighted by Crippen LogP contribution is -2.46. The molecule has 0 N–H and O–H groups in total. The van der Waals surface area contributed by atoms with Crippen molar-refractivity contribution in [3.63, 3.8) is 0 Å². The number of halogens is 4. The van der Waals surface area contributed by atoms with Gasteiger partial charge in [0, 0.05) is 18.9 Å². The molecule has 0 aromatic rings. The topological polar surface area (TPSA) is 3.24 Å². The fourth-order valence-electron chi connectivity index (χ4n) is 1.24. The highest BCUT2D eigenvalue weighted by Gasteiger charge is 2.36. The summed E-state index contributed by atoms with van der Waals surface area (Å²) in [5, 5.41) is 0. The number of hydrogen-bond acceptors (Lipinski definition) is 1. The van der Waals surface area contributed by atoms with Crippen molar-refractivity contribution in [2.24, 2.45) is 0 Å². The van der Waals surface area contributed by atoms with Gasteiger partial charge in [-0.2, -0.15) is 0 Å². The molecule has 0 aliphatic carbocycles. The average Bonchev–Trinajstić information content (AvgIpc) is 2.16. The number of alkyl halides is 4. The van der Waals surface area contributed by atoms with Crippen molar-refractivity contribution < 1.29 is 17.6 Å². The lowest BCUT2D eigenvalue weighted by Gasteiger charge is -2.32. The third kappa shape index (κ3) is 5.68. The van der Waals surface area contributed by atoms with Crippen molar-refractivity contribution in [1.29, 1.82) is 0 Å². The maximum Gasteiger partial charge on any atom is 0.260 e. The third-order valence-electron chi connectivity index (χ3n) is 2.63. The van der Waals surface area contributed by atoms with Crippen LogP contribution in [0.25, 0.3) is 0 Å². The first-order valence-corrected chi connectivity index (χ1v) is 5.63. The molecule has 0 saturated carbocycles. The van der Waals surface area contributed by atoms with Gasteiger partial charge in [-0.05, 0) is 13.8 Å². The molecule has 0 amide bonds. The summed E-state index contributed by atoms with van der Waals surface area (Å²) in [7, 11) is 0. The summed E-state index contributed by atoms with van der Waals surface area (Å²) in [6.45, 7) is 4.81. The second-order valence-corrected chi connectivity index (χ2v) is 4.42. The van der Waals surface area contributed by atoms with E-state index in [4.69, 9.17) is 0 Å². The monoisotopic (exact) mass is 243 g/mol. The van der Waals surface area contributed by atoms with Gasteiger partial charge in [-0.3, -0.25) is 4.90 Å². The molecule has 0 spiro atoms. The average molecular weight is 243 g/mol. The second-order valence-electron chi connectivity index (χ2n) is 4.42. The van der Waals surface area contributed by atoms with Gasteiger partial charge in [-0.25, -0.2) is 17.6 Å². The van der Waals surface area contributed by atoms with E-state index in [2.05, 4.69) is 0 Å². The van der Waals surface area contributed by atoms with Crippen LogP contribution >= 0.6 is 0 Å². The summed E-state index contributed by atoms with van der Waals surface area (Å²) in [5.41, 5.74) is 0. The summed E-state index contributed by atoms with van der Waals surface area (Å²) in [5.74, 6) is -5.79. The molecule has 0 rings (SSSR count). The van der Waals surface area contributed by atoms with Crippen molar-refractivity contribution >= 4 is 0 Å². The van der Waals surface area contributed by atoms with Gasteiger partial charge < -0.3 is 0 Å². The molecule has 16 heavy (non-hydrogen) atoms. The molecule has 0 aliphatic heterocycles. The predicted molar refractivity (Wildman–Crippen MR) is 57.2 cm³/mol. The van der Waals surface area contributed by atoms with E-state index in [1.165, 1.54) is 13.8 Å². The van der Waals surface area contributed by atoms with Gasteiger partial charge in [0.1, 0.15) is 0 Å². The van der Waals surface area contributed by atoms with Gasteiger partial charge in [0.2, 0.25) is 0 Å². The van der Waals surface area contributed by atoms with Crippen LogP contribution < -0.4 is 0 Å². The standard InChI is InChI=1S/C11H21F4N/c1-5-10(12,13)7-16(9(3)4)8-11(14,15)6-2/h9H,5-8H2,1-4H3. The van der Waals surface area contributed by atoms with E-state index in [9.17, 15) is 17.6 Å². The number of nitrogens with zero attached hydrogens (tertiary/aromatic N) is 1. The molecule has 0 aromatic carbocycles. The van der Waals surface area contributed by atoms with E-state index in [1.54, 1.807) is 13.8 Å². The molecule has 0 saturated heterocycles. The normalized spacial score (nSPS) is 13.9. The predicted octanol–water partition coefficient (Wildman–Crippen LogP) is 3.79. The second kappa shape index (κ2) is 5.84. The zero-order chi connectivity index (χ0) is 13.0. The van der Waals surface area contributed by atoms with Gasteiger partial charge in [-0.1, -0.05) is 13.8 Å². The van der Waals surface area contributed by atoms with Crippen LogP contribution in [-0.2, 0) is 0 Å². The molecule has 0 aliphatic rings. The minimum Gasteiger partial charge on any atom is -0.289 e. The molecule has 1 nitrogen and oxygen atoms in total. The van der Waals surface area contributed by atoms with Crippen molar-refractivity contribution in [2.45, 2.75) is 58.4 Å². The molecule has 0 unspecified atom stereocenters. The Balaban J connectivity index is 4.52. The van der Waals surface area contributed by atoms with Crippen LogP contribution in [0.2, 0.25) is 0 Å². The molecule has 0 atom stereocenters. The fourth-order valence-corrected chi connectivity index (χ4v) is 1.24. The Morgan fingerprint density at radius 1 is 0.875 bits per heavy atom. The fraction of sp³-hybridized carbons (Fsp3) is 1.00. The third-order valence-corrected chi connectivity index (χ3v) is 2.63. The van der Waals surface area contributed by atoms with E-state index in [0.29, 0.717) is 0 Å². The van der Waals surface area contributed by atoms with Crippen LogP contribution in [0.15, 0.2) is 0 Å². The van der Waals surface area contributed by atoms with Crippen molar-refractivity contribution in [1.82, 2.24) is 4.90 Å². The minimum absolute atomic E-state index is 0.310. The van der Waals surface area contributed by atoms with Gasteiger partial charge in [0.15, 0.2) is 0 Å². The van der Waals surface area contributed by atoms with E-state index < -0.39 is 24.9 Å². The molecule has 0 bridgehead atoms. The molecular formula is C11H21F4N. The Labute approximate surface area is 94.8 Å². The van der Waals surface area contributed by atoms with Crippen LogP contribution in [0.5, 0.6) is 0 Å². The van der Waals surface area contributed by atoms with Gasteiger partial charge in [-0.15, -0.1) is 0 Å². The molecule has 5 heteroatoms. The van der Waals surface area contributed by atoms with Gasteiger partial charge >= 0.3 is 0 Å². The first-order chi connectivity index (χ1) is 7.13. The van der Waals surface area contributed by atoms with Crippen LogP contribution in [0.4, 0.5) is 17.6 Å². The molecule has 0 heterocycles. The highest BCUT2D eigenvalue weighted by molar-refractivity contribution is 4.78. The summed E-state index contributed by atoms with van der Waals surface area (Å²) in [4.78, 5) is 1.15. The molecular weight excluding hydrogens is 222 g/mol. The van der Waals surface area contributed by atoms with Crippen LogP contribution in [0.1, 0.15) is 40.5 Å². The summed E-state index contributed by atoms with van der Waals surface area (Å²) in [6.07, 6.45) is -0.651. The zero-order valence-electron chi connectivity index (χ0n) is 10.4. The summed E-state index contributed by atoms with van der Waals surface area (Å²) >= 11 is 0. The first kappa shape index (κ1) is 15.7. The van der Waals surface area contributed by atoms with Crippen LogP contribution in [0, 0.1) is 0 Å². The first-order valence-electron chi connectivity index (χ1n) is 5.63.